The molecule has 0 bridgehead atoms. The maximum absolute atomic E-state index is 11.6. The molecule has 0 aromatic heterocycles. The number of halogens is 1. The van der Waals surface area contributed by atoms with Gasteiger partial charge in [0.15, 0.2) is 0 Å². The van der Waals surface area contributed by atoms with Crippen LogP contribution >= 0.6 is 11.6 Å². The molecule has 1 aliphatic carbocycles. The Balaban J connectivity index is 2.20. The van der Waals surface area contributed by atoms with Gasteiger partial charge in [-0.3, -0.25) is 4.79 Å². The Hall–Kier alpha value is -0.240. The van der Waals surface area contributed by atoms with E-state index in [2.05, 4.69) is 26.1 Å². The van der Waals surface area contributed by atoms with E-state index in [1.54, 1.807) is 0 Å². The van der Waals surface area contributed by atoms with Gasteiger partial charge in [-0.2, -0.15) is 0 Å². The van der Waals surface area contributed by atoms with Crippen LogP contribution in [0.25, 0.3) is 0 Å². The molecule has 1 amide bonds. The summed E-state index contributed by atoms with van der Waals surface area (Å²) in [4.78, 5) is 11.6. The average Bonchev–Trinajstić information content (AvgIpc) is 2.89. The molecule has 1 saturated carbocycles. The summed E-state index contributed by atoms with van der Waals surface area (Å²) in [7, 11) is 0. The van der Waals surface area contributed by atoms with Crippen LogP contribution in [-0.4, -0.2) is 18.3 Å². The second-order valence-corrected chi connectivity index (χ2v) is 5.87. The zero-order valence-electron chi connectivity index (χ0n) is 9.98. The van der Waals surface area contributed by atoms with Crippen LogP contribution in [0.4, 0.5) is 0 Å². The molecule has 0 saturated heterocycles. The summed E-state index contributed by atoms with van der Waals surface area (Å²) in [6, 6.07) is 0. The van der Waals surface area contributed by atoms with Crippen LogP contribution in [0, 0.1) is 17.3 Å². The van der Waals surface area contributed by atoms with E-state index in [1.165, 1.54) is 0 Å². The van der Waals surface area contributed by atoms with E-state index in [0.717, 1.165) is 25.8 Å². The molecular weight excluding hydrogens is 210 g/mol. The van der Waals surface area contributed by atoms with Crippen molar-refractivity contribution in [3.05, 3.63) is 0 Å². The van der Waals surface area contributed by atoms with Gasteiger partial charge in [-0.1, -0.05) is 20.8 Å². The van der Waals surface area contributed by atoms with Crippen LogP contribution in [0.5, 0.6) is 0 Å². The fraction of sp³-hybridized carbons (Fsp3) is 0.917. The van der Waals surface area contributed by atoms with Gasteiger partial charge in [0, 0.05) is 18.3 Å². The summed E-state index contributed by atoms with van der Waals surface area (Å²) in [5.41, 5.74) is 0.169. The van der Waals surface area contributed by atoms with Gasteiger partial charge in [0.05, 0.1) is 0 Å². The van der Waals surface area contributed by atoms with Gasteiger partial charge in [-0.15, -0.1) is 11.6 Å². The molecule has 88 valence electrons. The summed E-state index contributed by atoms with van der Waals surface area (Å²) in [6.07, 6.45) is 3.15. The Kier molecular flexibility index (Phi) is 4.45. The highest BCUT2D eigenvalue weighted by Crippen LogP contribution is 2.37. The Morgan fingerprint density at radius 3 is 2.60 bits per heavy atom. The first kappa shape index (κ1) is 12.8. The Bertz CT molecular complexity index is 228. The zero-order valence-corrected chi connectivity index (χ0v) is 10.7. The van der Waals surface area contributed by atoms with Crippen molar-refractivity contribution >= 4 is 17.5 Å². The number of carbonyl (C=O) groups is 1. The molecule has 0 spiro atoms. The third-order valence-corrected chi connectivity index (χ3v) is 3.44. The van der Waals surface area contributed by atoms with Crippen LogP contribution in [-0.2, 0) is 4.79 Å². The molecule has 0 aromatic rings. The Labute approximate surface area is 97.8 Å². The highest BCUT2D eigenvalue weighted by molar-refractivity contribution is 6.17. The summed E-state index contributed by atoms with van der Waals surface area (Å²) >= 11 is 5.66. The van der Waals surface area contributed by atoms with E-state index in [-0.39, 0.29) is 17.2 Å². The molecule has 1 rings (SSSR count). The second kappa shape index (κ2) is 5.20. The molecule has 15 heavy (non-hydrogen) atoms. The van der Waals surface area contributed by atoms with E-state index in [1.807, 2.05) is 0 Å². The third-order valence-electron chi connectivity index (χ3n) is 3.17. The molecular formula is C12H22ClNO. The lowest BCUT2D eigenvalue weighted by molar-refractivity contribution is -0.123. The normalized spacial score (nSPS) is 25.1. The predicted octanol–water partition coefficient (Wildman–Crippen LogP) is 2.80. The number of rotatable bonds is 6. The van der Waals surface area contributed by atoms with Crippen molar-refractivity contribution in [1.29, 1.82) is 0 Å². The van der Waals surface area contributed by atoms with E-state index in [4.69, 9.17) is 11.6 Å². The van der Waals surface area contributed by atoms with Gasteiger partial charge in [0.2, 0.25) is 5.91 Å². The fourth-order valence-corrected chi connectivity index (χ4v) is 1.91. The summed E-state index contributed by atoms with van der Waals surface area (Å²) in [5.74, 6) is 1.82. The molecule has 2 atom stereocenters. The average molecular weight is 232 g/mol. The smallest absolute Gasteiger partial charge is 0.223 e. The number of carbonyl (C=O) groups excluding carboxylic acids is 1. The number of nitrogens with one attached hydrogen (secondary N) is 1. The van der Waals surface area contributed by atoms with Crippen molar-refractivity contribution < 1.29 is 4.79 Å². The van der Waals surface area contributed by atoms with Gasteiger partial charge < -0.3 is 5.32 Å². The van der Waals surface area contributed by atoms with Gasteiger partial charge in [0.25, 0.3) is 0 Å². The van der Waals surface area contributed by atoms with Gasteiger partial charge in [-0.25, -0.2) is 0 Å². The van der Waals surface area contributed by atoms with E-state index in [9.17, 15) is 4.79 Å². The van der Waals surface area contributed by atoms with Gasteiger partial charge >= 0.3 is 0 Å². The first-order valence-corrected chi connectivity index (χ1v) is 6.33. The highest BCUT2D eigenvalue weighted by Gasteiger charge is 2.39. The minimum absolute atomic E-state index is 0.169. The van der Waals surface area contributed by atoms with Crippen LogP contribution < -0.4 is 5.32 Å². The van der Waals surface area contributed by atoms with Crippen LogP contribution in [0.3, 0.4) is 0 Å². The van der Waals surface area contributed by atoms with Gasteiger partial charge in [-0.05, 0) is 30.6 Å². The molecule has 2 nitrogen and oxygen atoms in total. The number of hydrogen-bond acceptors (Lipinski definition) is 1. The molecule has 0 radical (unpaired) electrons. The number of hydrogen-bond donors (Lipinski definition) is 1. The zero-order chi connectivity index (χ0) is 11.5. The SMILES string of the molecule is CC1CC1C(=O)NCC(C)(C)CCCCl. The highest BCUT2D eigenvalue weighted by atomic mass is 35.5. The molecule has 1 aliphatic rings. The molecule has 0 aromatic carbocycles. The predicted molar refractivity (Wildman–Crippen MR) is 64.0 cm³/mol. The quantitative estimate of drug-likeness (QED) is 0.700. The second-order valence-electron chi connectivity index (χ2n) is 5.49. The number of alkyl halides is 1. The van der Waals surface area contributed by atoms with E-state index >= 15 is 0 Å². The summed E-state index contributed by atoms with van der Waals surface area (Å²) < 4.78 is 0. The number of amides is 1. The van der Waals surface area contributed by atoms with Gasteiger partial charge in [0.1, 0.15) is 0 Å². The minimum atomic E-state index is 0.169. The molecule has 1 N–H and O–H groups in total. The standard InChI is InChI=1S/C12H22ClNO/c1-9-7-10(9)11(15)14-8-12(2,3)5-4-6-13/h9-10H,4-8H2,1-3H3,(H,14,15). The Morgan fingerprint density at radius 1 is 1.53 bits per heavy atom. The van der Waals surface area contributed by atoms with E-state index in [0.29, 0.717) is 11.8 Å². The van der Waals surface area contributed by atoms with Crippen molar-refractivity contribution in [3.63, 3.8) is 0 Å². The van der Waals surface area contributed by atoms with Crippen LogP contribution in [0.1, 0.15) is 40.0 Å². The minimum Gasteiger partial charge on any atom is -0.355 e. The molecule has 0 heterocycles. The van der Waals surface area contributed by atoms with Crippen molar-refractivity contribution in [2.45, 2.75) is 40.0 Å². The largest absolute Gasteiger partial charge is 0.355 e. The maximum Gasteiger partial charge on any atom is 0.223 e. The van der Waals surface area contributed by atoms with Crippen LogP contribution in [0.15, 0.2) is 0 Å². The molecule has 2 unspecified atom stereocenters. The van der Waals surface area contributed by atoms with Crippen molar-refractivity contribution in [2.24, 2.45) is 17.3 Å². The summed E-state index contributed by atoms with van der Waals surface area (Å²) in [6.45, 7) is 7.25. The fourth-order valence-electron chi connectivity index (χ4n) is 1.78. The lowest BCUT2D eigenvalue weighted by atomic mass is 9.88. The summed E-state index contributed by atoms with van der Waals surface area (Å²) in [5, 5.41) is 3.04. The first-order chi connectivity index (χ1) is 6.96. The lowest BCUT2D eigenvalue weighted by Crippen LogP contribution is -2.35. The lowest BCUT2D eigenvalue weighted by Gasteiger charge is -2.24. The monoisotopic (exact) mass is 231 g/mol. The topological polar surface area (TPSA) is 29.1 Å². The molecule has 3 heteroatoms. The van der Waals surface area contributed by atoms with Crippen molar-refractivity contribution in [1.82, 2.24) is 5.32 Å². The maximum atomic E-state index is 11.6. The van der Waals surface area contributed by atoms with Crippen molar-refractivity contribution in [3.8, 4) is 0 Å². The molecule has 0 aliphatic heterocycles. The molecule has 1 fully saturated rings. The Morgan fingerprint density at radius 2 is 2.13 bits per heavy atom. The first-order valence-electron chi connectivity index (χ1n) is 5.80. The third kappa shape index (κ3) is 4.42. The van der Waals surface area contributed by atoms with E-state index < -0.39 is 0 Å². The van der Waals surface area contributed by atoms with Crippen molar-refractivity contribution in [2.75, 3.05) is 12.4 Å². The van der Waals surface area contributed by atoms with Crippen LogP contribution in [0.2, 0.25) is 0 Å².